The Morgan fingerprint density at radius 3 is 0.500 bits per heavy atom. The predicted molar refractivity (Wildman–Crippen MR) is 419 cm³/mol. The first kappa shape index (κ1) is 90.8. The van der Waals surface area contributed by atoms with Crippen LogP contribution in [0.1, 0.15) is 279 Å². The van der Waals surface area contributed by atoms with Crippen molar-refractivity contribution in [2.24, 2.45) is 0 Å². The predicted octanol–water partition coefficient (Wildman–Crippen LogP) is 21.4. The number of benzene rings is 3. The summed E-state index contributed by atoms with van der Waals surface area (Å²) in [5.74, 6) is -1.03. The monoisotopic (exact) mass is 1460 g/mol. The van der Waals surface area contributed by atoms with Crippen LogP contribution in [0.5, 0.6) is 17.2 Å². The highest BCUT2D eigenvalue weighted by molar-refractivity contribution is 7.49. The highest BCUT2D eigenvalue weighted by Crippen LogP contribution is 2.56. The summed E-state index contributed by atoms with van der Waals surface area (Å²) in [6.07, 6.45) is 23.9. The highest BCUT2D eigenvalue weighted by Gasteiger charge is 2.39. The number of unbranched alkanes of at least 4 members (excludes halogenated alkanes) is 18. The van der Waals surface area contributed by atoms with Gasteiger partial charge in [0.2, 0.25) is 0 Å². The lowest BCUT2D eigenvalue weighted by Crippen LogP contribution is -2.16. The van der Waals surface area contributed by atoms with Crippen molar-refractivity contribution >= 4 is 43.6 Å². The Kier molecular flexibility index (Phi) is 41.8. The topological polar surface area (TPSA) is 203 Å². The zero-order chi connectivity index (χ0) is 77.6. The molecule has 3 aromatic carbocycles. The number of ether oxygens (including phenoxy) is 6. The molecule has 0 fully saturated rings. The zero-order valence-electron chi connectivity index (χ0n) is 66.7. The highest BCUT2D eigenvalue weighted by atomic mass is 31.2. The molecule has 3 aromatic rings. The number of phosphoric acid groups is 1. The molecule has 104 heavy (non-hydrogen) atoms. The first-order chi connectivity index (χ1) is 49.3. The summed E-state index contributed by atoms with van der Waals surface area (Å²) in [4.78, 5) is 73.2. The Balaban J connectivity index is 2.41. The van der Waals surface area contributed by atoms with Gasteiger partial charge in [-0.3, -0.25) is 0 Å². The van der Waals surface area contributed by atoms with Crippen LogP contribution in [0.4, 0.5) is 0 Å². The second kappa shape index (κ2) is 47.9. The summed E-state index contributed by atoms with van der Waals surface area (Å²) < 4.78 is 72.0. The molecule has 0 radical (unpaired) electrons. The standard InChI is InChI=1S/C87H129O16P/c1-58(2)82(88)95-52-40-28-22-34-46-73-64(13)74(47-35-23-29-41-53-96-83(89)59(3)4)68(17)79(67(73)16)101-104(94,102-80-69(18)75(48-36-24-30-42-54-97-84(90)60(5)6)65(14)76(70(80)19)49-37-25-31-43-55-98-85(91)61(7)8)103-81-71(20)77(50-38-26-32-44-56-99-86(92)62(9)10)66(15)78(72(81)21)51-39-27-33-45-57-100-87(93)63(11)12/h1,3,5,7,9,11,22-57H2,2,4,6,8,10,12-21H3. The summed E-state index contributed by atoms with van der Waals surface area (Å²) in [5, 5.41) is 0. The Bertz CT molecular complexity index is 2960. The van der Waals surface area contributed by atoms with Gasteiger partial charge in [0.15, 0.2) is 0 Å². The van der Waals surface area contributed by atoms with E-state index in [2.05, 4.69) is 60.2 Å². The number of rotatable bonds is 54. The molecule has 16 nitrogen and oxygen atoms in total. The fourth-order valence-corrected chi connectivity index (χ4v) is 14.8. The van der Waals surface area contributed by atoms with E-state index in [0.29, 0.717) is 167 Å². The Morgan fingerprint density at radius 2 is 0.365 bits per heavy atom. The van der Waals surface area contributed by atoms with E-state index in [9.17, 15) is 28.8 Å². The molecule has 578 valence electrons. The largest absolute Gasteiger partial charge is 0.647 e. The van der Waals surface area contributed by atoms with Crippen LogP contribution < -0.4 is 13.6 Å². The number of hydrogen-bond acceptors (Lipinski definition) is 16. The number of carbonyl (C=O) groups excluding carboxylic acids is 6. The molecule has 0 saturated carbocycles. The van der Waals surface area contributed by atoms with Gasteiger partial charge in [0.25, 0.3) is 0 Å². The molecular weight excluding hydrogens is 1330 g/mol. The molecule has 0 aliphatic rings. The summed E-state index contributed by atoms with van der Waals surface area (Å²) in [5.41, 5.74) is 17.3. The lowest BCUT2D eigenvalue weighted by molar-refractivity contribution is -0.139. The fraction of sp³-hybridized carbons (Fsp3) is 0.586. The van der Waals surface area contributed by atoms with Gasteiger partial charge in [-0.05, 0) is 303 Å². The van der Waals surface area contributed by atoms with E-state index in [1.165, 1.54) is 0 Å². The fourth-order valence-electron chi connectivity index (χ4n) is 13.2. The van der Waals surface area contributed by atoms with Crippen molar-refractivity contribution < 1.29 is 75.3 Å². The minimum atomic E-state index is -4.85. The van der Waals surface area contributed by atoms with E-state index in [4.69, 9.17) is 42.0 Å². The van der Waals surface area contributed by atoms with E-state index in [1.54, 1.807) is 41.5 Å². The third-order valence-corrected chi connectivity index (χ3v) is 20.7. The number of hydrogen-bond donors (Lipinski definition) is 0. The van der Waals surface area contributed by atoms with E-state index >= 15 is 4.57 Å². The molecule has 0 aliphatic carbocycles. The molecule has 3 rings (SSSR count). The van der Waals surface area contributed by atoms with Crippen molar-refractivity contribution in [2.75, 3.05) is 39.6 Å². The summed E-state index contributed by atoms with van der Waals surface area (Å²) >= 11 is 0. The maximum atomic E-state index is 17.3. The molecule has 0 aromatic heterocycles. The minimum Gasteiger partial charge on any atom is -0.462 e. The smallest absolute Gasteiger partial charge is 0.462 e. The van der Waals surface area contributed by atoms with Crippen molar-refractivity contribution in [3.63, 3.8) is 0 Å². The molecule has 0 aliphatic heterocycles. The molecule has 17 heteroatoms. The second-order valence-corrected chi connectivity index (χ2v) is 30.1. The molecule has 0 unspecified atom stereocenters. The molecule has 0 spiro atoms. The van der Waals surface area contributed by atoms with Crippen molar-refractivity contribution in [3.8, 4) is 17.2 Å². The van der Waals surface area contributed by atoms with Crippen molar-refractivity contribution in [2.45, 2.75) is 296 Å². The van der Waals surface area contributed by atoms with Crippen LogP contribution in [-0.4, -0.2) is 75.5 Å². The van der Waals surface area contributed by atoms with Gasteiger partial charge in [0.1, 0.15) is 17.2 Å². The van der Waals surface area contributed by atoms with Crippen LogP contribution >= 0.6 is 7.82 Å². The molecule has 0 atom stereocenters. The third-order valence-electron chi connectivity index (χ3n) is 19.5. The van der Waals surface area contributed by atoms with Gasteiger partial charge in [0.05, 0.1) is 39.6 Å². The number of esters is 6. The van der Waals surface area contributed by atoms with Crippen molar-refractivity contribution in [3.05, 3.63) is 156 Å². The molecule has 0 N–H and O–H groups in total. The van der Waals surface area contributed by atoms with Crippen LogP contribution in [0.3, 0.4) is 0 Å². The van der Waals surface area contributed by atoms with Crippen LogP contribution in [0, 0.1) is 62.3 Å². The lowest BCUT2D eigenvalue weighted by Gasteiger charge is -2.29. The number of phosphoric ester groups is 1. The summed E-state index contributed by atoms with van der Waals surface area (Å²) in [6, 6.07) is 0. The van der Waals surface area contributed by atoms with Gasteiger partial charge in [-0.15, -0.1) is 0 Å². The van der Waals surface area contributed by atoms with E-state index < -0.39 is 43.6 Å². The van der Waals surface area contributed by atoms with Gasteiger partial charge >= 0.3 is 43.6 Å². The van der Waals surface area contributed by atoms with Crippen LogP contribution in [-0.2, 0) is 100 Å². The van der Waals surface area contributed by atoms with Crippen LogP contribution in [0.15, 0.2) is 72.9 Å². The third kappa shape index (κ3) is 30.9. The maximum Gasteiger partial charge on any atom is 0.647 e. The Labute approximate surface area is 625 Å². The molecular formula is C87H129O16P. The second-order valence-electron chi connectivity index (χ2n) is 28.7. The first-order valence-electron chi connectivity index (χ1n) is 38.3. The van der Waals surface area contributed by atoms with Gasteiger partial charge in [-0.1, -0.05) is 117 Å². The van der Waals surface area contributed by atoms with Gasteiger partial charge in [-0.25, -0.2) is 28.8 Å². The van der Waals surface area contributed by atoms with Gasteiger partial charge in [0, 0.05) is 33.4 Å². The normalized spacial score (nSPS) is 11.2. The van der Waals surface area contributed by atoms with E-state index in [1.807, 2.05) is 41.5 Å². The quantitative estimate of drug-likeness (QED) is 0.0170. The van der Waals surface area contributed by atoms with Gasteiger partial charge in [-0.2, -0.15) is 4.57 Å². The zero-order valence-corrected chi connectivity index (χ0v) is 67.6. The average Bonchev–Trinajstić information content (AvgIpc) is 0.759. The molecule has 0 saturated heterocycles. The lowest BCUT2D eigenvalue weighted by atomic mass is 9.87. The minimum absolute atomic E-state index is 0.313. The molecule has 0 bridgehead atoms. The average molecular weight is 1460 g/mol. The summed E-state index contributed by atoms with van der Waals surface area (Å²) in [7, 11) is -4.85. The Morgan fingerprint density at radius 1 is 0.231 bits per heavy atom. The van der Waals surface area contributed by atoms with Crippen LogP contribution in [0.25, 0.3) is 0 Å². The molecule has 0 amide bonds. The van der Waals surface area contributed by atoms with Crippen molar-refractivity contribution in [1.82, 2.24) is 0 Å². The van der Waals surface area contributed by atoms with Crippen LogP contribution in [0.2, 0.25) is 0 Å². The Hall–Kier alpha value is -7.45. The maximum absolute atomic E-state index is 17.3. The van der Waals surface area contributed by atoms with Crippen molar-refractivity contribution in [1.29, 1.82) is 0 Å². The molecule has 0 heterocycles. The number of carbonyl (C=O) groups is 6. The van der Waals surface area contributed by atoms with Gasteiger partial charge < -0.3 is 42.0 Å². The summed E-state index contributed by atoms with van der Waals surface area (Å²) in [6.45, 7) is 52.8. The van der Waals surface area contributed by atoms with E-state index in [-0.39, 0.29) is 0 Å². The van der Waals surface area contributed by atoms with E-state index in [0.717, 1.165) is 199 Å². The SMILES string of the molecule is C=C(C)C(=O)OCCCCCCc1c(C)c(CCCCCCOC(=O)C(=C)C)c(C)c(OP(=O)(Oc2c(C)c(CCCCCCOC(=O)C(=C)C)c(C)c(CCCCCCOC(=O)C(=C)C)c2C)Oc2c(C)c(CCCCCCOC(=O)C(=C)C)c(C)c(CCCCCCOC(=O)C(=C)C)c2C)c1C. The first-order valence-corrected chi connectivity index (χ1v) is 39.7.